The second-order valence-electron chi connectivity index (χ2n) is 7.53. The fourth-order valence-corrected chi connectivity index (χ4v) is 3.89. The fraction of sp³-hybridized carbons (Fsp3) is 0.261. The van der Waals surface area contributed by atoms with Crippen LogP contribution in [0.5, 0.6) is 11.5 Å². The number of fused-ring (bicyclic) bond motifs is 1. The van der Waals surface area contributed by atoms with E-state index in [2.05, 4.69) is 63.9 Å². The van der Waals surface area contributed by atoms with E-state index < -0.39 is 0 Å². The van der Waals surface area contributed by atoms with E-state index in [-0.39, 0.29) is 0 Å². The molecule has 0 aliphatic carbocycles. The topological polar surface area (TPSA) is 66.8 Å². The van der Waals surface area contributed by atoms with Crippen molar-refractivity contribution in [3.8, 4) is 28.7 Å². The second kappa shape index (κ2) is 7.91. The van der Waals surface area contributed by atoms with Gasteiger partial charge >= 0.3 is 10.7 Å². The Kier molecular flexibility index (Phi) is 5.30. The van der Waals surface area contributed by atoms with Crippen LogP contribution in [0.3, 0.4) is 0 Å². The van der Waals surface area contributed by atoms with Crippen LogP contribution in [0.25, 0.3) is 28.0 Å². The molecule has 7 heteroatoms. The van der Waals surface area contributed by atoms with Gasteiger partial charge in [0.05, 0.1) is 19.9 Å². The van der Waals surface area contributed by atoms with Crippen LogP contribution < -0.4 is 14.0 Å². The third-order valence-electron chi connectivity index (χ3n) is 5.30. The summed E-state index contributed by atoms with van der Waals surface area (Å²) in [7, 11) is 3.29. The van der Waals surface area contributed by atoms with Crippen molar-refractivity contribution in [2.45, 2.75) is 26.7 Å². The summed E-state index contributed by atoms with van der Waals surface area (Å²) in [6.07, 6.45) is 0. The van der Waals surface area contributed by atoms with Gasteiger partial charge in [-0.1, -0.05) is 38.1 Å². The molecule has 0 saturated carbocycles. The summed E-state index contributed by atoms with van der Waals surface area (Å²) in [6, 6.07) is 14.8. The quantitative estimate of drug-likeness (QED) is 0.351. The van der Waals surface area contributed by atoms with Crippen LogP contribution in [0.2, 0.25) is 0 Å². The number of hydrogen-bond donors (Lipinski definition) is 2. The van der Waals surface area contributed by atoms with E-state index in [1.54, 1.807) is 14.2 Å². The van der Waals surface area contributed by atoms with E-state index in [0.717, 1.165) is 27.7 Å². The Morgan fingerprint density at radius 1 is 0.967 bits per heavy atom. The molecule has 4 rings (SSSR count). The van der Waals surface area contributed by atoms with Gasteiger partial charge in [-0.2, -0.15) is 9.67 Å². The predicted molar refractivity (Wildman–Crippen MR) is 120 cm³/mol. The highest BCUT2D eigenvalue weighted by atomic mass is 32.1. The van der Waals surface area contributed by atoms with Crippen LogP contribution in [-0.4, -0.2) is 29.4 Å². The number of rotatable bonds is 5. The summed E-state index contributed by atoms with van der Waals surface area (Å²) in [6.45, 7) is 6.43. The third kappa shape index (κ3) is 3.45. The zero-order valence-electron chi connectivity index (χ0n) is 17.7. The lowest BCUT2D eigenvalue weighted by atomic mass is 9.97. The Hall–Kier alpha value is -3.19. The molecule has 2 aromatic heterocycles. The number of H-pyrrole nitrogens is 2. The standard InChI is InChI=1S/C23H24N4O2S/c1-13(2)15-6-8-16(9-7-15)21-18-12-20(29-5)19(28-4)11-17(18)10-14(3)27(21)22-24-23(30)26-25-22/h6-13H,1-5H3,(H-,24,25,26,30)/p+1. The number of methoxy groups -OCH3 is 2. The van der Waals surface area contributed by atoms with Crippen molar-refractivity contribution in [3.05, 3.63) is 58.5 Å². The minimum Gasteiger partial charge on any atom is -0.493 e. The van der Waals surface area contributed by atoms with Crippen molar-refractivity contribution in [2.24, 2.45) is 0 Å². The Morgan fingerprint density at radius 3 is 2.20 bits per heavy atom. The van der Waals surface area contributed by atoms with E-state index in [1.165, 1.54) is 5.56 Å². The zero-order valence-corrected chi connectivity index (χ0v) is 18.6. The van der Waals surface area contributed by atoms with Gasteiger partial charge in [-0.15, -0.1) is 0 Å². The Balaban J connectivity index is 2.10. The second-order valence-corrected chi connectivity index (χ2v) is 7.92. The van der Waals surface area contributed by atoms with Gasteiger partial charge in [0.2, 0.25) is 0 Å². The summed E-state index contributed by atoms with van der Waals surface area (Å²) in [5.41, 5.74) is 4.37. The highest BCUT2D eigenvalue weighted by molar-refractivity contribution is 7.71. The summed E-state index contributed by atoms with van der Waals surface area (Å²) in [4.78, 5) is 4.47. The van der Waals surface area contributed by atoms with Crippen molar-refractivity contribution >= 4 is 23.0 Å². The molecule has 2 aromatic carbocycles. The minimum absolute atomic E-state index is 0.408. The smallest absolute Gasteiger partial charge is 0.422 e. The molecule has 30 heavy (non-hydrogen) atoms. The third-order valence-corrected chi connectivity index (χ3v) is 5.50. The normalized spacial score (nSPS) is 11.3. The van der Waals surface area contributed by atoms with Crippen LogP contribution in [0.15, 0.2) is 42.5 Å². The number of aromatic amines is 2. The average molecular weight is 422 g/mol. The molecule has 2 N–H and O–H groups in total. The van der Waals surface area contributed by atoms with Gasteiger partial charge in [0, 0.05) is 10.9 Å². The Bertz CT molecular complexity index is 1270. The molecule has 0 amide bonds. The fourth-order valence-electron chi connectivity index (χ4n) is 3.76. The summed E-state index contributed by atoms with van der Waals surface area (Å²) < 4.78 is 13.6. The first kappa shape index (κ1) is 20.1. The molecule has 6 nitrogen and oxygen atoms in total. The Morgan fingerprint density at radius 2 is 1.63 bits per heavy atom. The number of nitrogens with zero attached hydrogens (tertiary/aromatic N) is 2. The monoisotopic (exact) mass is 421 g/mol. The van der Waals surface area contributed by atoms with E-state index in [0.29, 0.717) is 28.1 Å². The van der Waals surface area contributed by atoms with E-state index in [4.69, 9.17) is 21.7 Å². The lowest BCUT2D eigenvalue weighted by Crippen LogP contribution is -2.38. The van der Waals surface area contributed by atoms with Crippen LogP contribution in [0.4, 0.5) is 0 Å². The molecule has 0 saturated heterocycles. The van der Waals surface area contributed by atoms with E-state index in [9.17, 15) is 0 Å². The number of benzene rings is 2. The van der Waals surface area contributed by atoms with Gasteiger partial charge in [0.15, 0.2) is 11.5 Å². The molecular formula is C23H25N4O2S+. The minimum atomic E-state index is 0.408. The molecule has 154 valence electrons. The van der Waals surface area contributed by atoms with Crippen molar-refractivity contribution in [1.82, 2.24) is 15.2 Å². The van der Waals surface area contributed by atoms with Gasteiger partial charge in [-0.05, 0) is 59.2 Å². The van der Waals surface area contributed by atoms with Gasteiger partial charge in [-0.25, -0.2) is 5.10 Å². The molecule has 0 unspecified atom stereocenters. The largest absolute Gasteiger partial charge is 0.493 e. The zero-order chi connectivity index (χ0) is 21.4. The number of hydrogen-bond acceptors (Lipinski definition) is 4. The van der Waals surface area contributed by atoms with Crippen LogP contribution >= 0.6 is 12.2 Å². The van der Waals surface area contributed by atoms with E-state index >= 15 is 0 Å². The Labute approximate surface area is 180 Å². The van der Waals surface area contributed by atoms with Crippen LogP contribution in [0.1, 0.15) is 31.0 Å². The summed E-state index contributed by atoms with van der Waals surface area (Å²) in [5.74, 6) is 2.47. The van der Waals surface area contributed by atoms with Crippen molar-refractivity contribution < 1.29 is 14.0 Å². The average Bonchev–Trinajstić information content (AvgIpc) is 3.17. The number of aryl methyl sites for hydroxylation is 1. The highest BCUT2D eigenvalue weighted by Crippen LogP contribution is 2.36. The first-order valence-electron chi connectivity index (χ1n) is 9.79. The maximum atomic E-state index is 5.59. The molecule has 0 aliphatic rings. The lowest BCUT2D eigenvalue weighted by molar-refractivity contribution is -0.597. The number of nitrogens with one attached hydrogen (secondary N) is 2. The molecule has 0 fully saturated rings. The van der Waals surface area contributed by atoms with Gasteiger partial charge < -0.3 is 9.47 Å². The van der Waals surface area contributed by atoms with Gasteiger partial charge in [-0.3, -0.25) is 0 Å². The van der Waals surface area contributed by atoms with Gasteiger partial charge in [0.25, 0.3) is 0 Å². The molecule has 2 heterocycles. The number of pyridine rings is 1. The molecule has 4 aromatic rings. The maximum Gasteiger partial charge on any atom is 0.422 e. The number of aromatic nitrogens is 4. The maximum absolute atomic E-state index is 5.59. The molecule has 0 bridgehead atoms. The first-order valence-corrected chi connectivity index (χ1v) is 10.2. The first-order chi connectivity index (χ1) is 14.4. The van der Waals surface area contributed by atoms with Gasteiger partial charge in [0.1, 0.15) is 5.69 Å². The van der Waals surface area contributed by atoms with Crippen LogP contribution in [-0.2, 0) is 0 Å². The predicted octanol–water partition coefficient (Wildman–Crippen LogP) is 5.01. The summed E-state index contributed by atoms with van der Waals surface area (Å²) in [5, 5.41) is 8.06. The molecular weight excluding hydrogens is 396 g/mol. The van der Waals surface area contributed by atoms with Crippen molar-refractivity contribution in [3.63, 3.8) is 0 Å². The summed E-state index contributed by atoms with van der Waals surface area (Å²) >= 11 is 5.20. The molecule has 0 spiro atoms. The van der Waals surface area contributed by atoms with Crippen molar-refractivity contribution in [2.75, 3.05) is 14.2 Å². The molecule has 0 atom stereocenters. The molecule has 0 aliphatic heterocycles. The van der Waals surface area contributed by atoms with E-state index in [1.807, 2.05) is 19.1 Å². The SMILES string of the molecule is COc1cc2cc(C)[n+](-c3nc(=S)[nH][nH]3)c(-c3ccc(C(C)C)cc3)c2cc1OC. The van der Waals surface area contributed by atoms with Crippen LogP contribution in [0, 0.1) is 11.7 Å². The highest BCUT2D eigenvalue weighted by Gasteiger charge is 2.23. The molecule has 0 radical (unpaired) electrons. The van der Waals surface area contributed by atoms with Crippen molar-refractivity contribution in [1.29, 1.82) is 0 Å². The lowest BCUT2D eigenvalue weighted by Gasteiger charge is -2.16. The number of ether oxygens (including phenoxy) is 2.